The third kappa shape index (κ3) is 9.65. The number of nitrogens with zero attached hydrogens (tertiary/aromatic N) is 3. The van der Waals surface area contributed by atoms with Gasteiger partial charge in [-0.15, -0.1) is 0 Å². The summed E-state index contributed by atoms with van der Waals surface area (Å²) in [5.41, 5.74) is 1.38. The van der Waals surface area contributed by atoms with Crippen LogP contribution in [-0.4, -0.2) is 61.5 Å². The monoisotopic (exact) mass is 671 g/mol. The van der Waals surface area contributed by atoms with Crippen LogP contribution >= 0.6 is 23.2 Å². The largest absolute Gasteiger partial charge is 0.494 e. The molecule has 2 heterocycles. The smallest absolute Gasteiger partial charge is 0.421 e. The van der Waals surface area contributed by atoms with Crippen LogP contribution in [0.25, 0.3) is 10.9 Å². The van der Waals surface area contributed by atoms with E-state index in [1.165, 1.54) is 6.07 Å². The van der Waals surface area contributed by atoms with Crippen molar-refractivity contribution in [3.63, 3.8) is 0 Å². The van der Waals surface area contributed by atoms with E-state index in [4.69, 9.17) is 32.7 Å². The fourth-order valence-electron chi connectivity index (χ4n) is 6.83. The van der Waals surface area contributed by atoms with Crippen molar-refractivity contribution in [2.75, 3.05) is 50.8 Å². The molecule has 1 aliphatic heterocycles. The van der Waals surface area contributed by atoms with Crippen molar-refractivity contribution < 1.29 is 14.3 Å². The number of unbranched alkanes of at least 4 members (excludes halogenated alkanes) is 1. The summed E-state index contributed by atoms with van der Waals surface area (Å²) in [4.78, 5) is 30.8. The molecule has 1 unspecified atom stereocenters. The minimum absolute atomic E-state index is 0.0588. The number of piperazine rings is 1. The minimum Gasteiger partial charge on any atom is -0.494 e. The second-order valence-corrected chi connectivity index (χ2v) is 14.6. The SMILES string of the molecule is CCCC(C)(C)CC(C)(CC)CCOC(=O)n1c(=O)ccc2ccc(OCCCCN3CCN(c4cccc(Cl)c4Cl)CC3)cc21. The zero-order chi connectivity index (χ0) is 33.3. The van der Waals surface area contributed by atoms with Gasteiger partial charge in [-0.2, -0.15) is 0 Å². The van der Waals surface area contributed by atoms with E-state index in [9.17, 15) is 9.59 Å². The molecule has 9 heteroatoms. The van der Waals surface area contributed by atoms with Crippen LogP contribution in [0.2, 0.25) is 10.0 Å². The van der Waals surface area contributed by atoms with E-state index >= 15 is 0 Å². The van der Waals surface area contributed by atoms with Gasteiger partial charge in [-0.3, -0.25) is 9.69 Å². The Morgan fingerprint density at radius 3 is 2.37 bits per heavy atom. The first-order chi connectivity index (χ1) is 21.9. The van der Waals surface area contributed by atoms with E-state index in [1.54, 1.807) is 12.1 Å². The molecule has 1 aromatic heterocycles. The second kappa shape index (κ2) is 16.4. The molecule has 252 valence electrons. The van der Waals surface area contributed by atoms with E-state index in [-0.39, 0.29) is 17.4 Å². The summed E-state index contributed by atoms with van der Waals surface area (Å²) >= 11 is 12.6. The van der Waals surface area contributed by atoms with Gasteiger partial charge in [-0.1, -0.05) is 76.7 Å². The van der Waals surface area contributed by atoms with Crippen LogP contribution in [0.1, 0.15) is 79.6 Å². The maximum atomic E-state index is 13.2. The Hall–Kier alpha value is -2.74. The van der Waals surface area contributed by atoms with Gasteiger partial charge in [0, 0.05) is 38.3 Å². The van der Waals surface area contributed by atoms with Crippen LogP contribution in [0, 0.1) is 10.8 Å². The van der Waals surface area contributed by atoms with Crippen molar-refractivity contribution >= 4 is 45.9 Å². The molecule has 0 radical (unpaired) electrons. The summed E-state index contributed by atoms with van der Waals surface area (Å²) in [6, 6.07) is 14.5. The molecule has 1 aliphatic rings. The molecule has 2 aromatic carbocycles. The summed E-state index contributed by atoms with van der Waals surface area (Å²) in [6.45, 7) is 16.9. The Labute approximate surface area is 284 Å². The van der Waals surface area contributed by atoms with Crippen LogP contribution in [0.4, 0.5) is 10.5 Å². The number of aromatic nitrogens is 1. The lowest BCUT2D eigenvalue weighted by Gasteiger charge is -2.37. The van der Waals surface area contributed by atoms with E-state index < -0.39 is 11.7 Å². The molecule has 0 amide bonds. The van der Waals surface area contributed by atoms with Crippen molar-refractivity contribution in [1.29, 1.82) is 0 Å². The van der Waals surface area contributed by atoms with Crippen LogP contribution in [0.5, 0.6) is 5.75 Å². The van der Waals surface area contributed by atoms with Crippen LogP contribution < -0.4 is 15.2 Å². The number of benzene rings is 2. The minimum atomic E-state index is -0.642. The Morgan fingerprint density at radius 2 is 1.65 bits per heavy atom. The van der Waals surface area contributed by atoms with Crippen molar-refractivity contribution in [2.45, 2.75) is 79.6 Å². The number of anilines is 1. The van der Waals surface area contributed by atoms with Gasteiger partial charge in [0.2, 0.25) is 0 Å². The van der Waals surface area contributed by atoms with Crippen LogP contribution in [0.3, 0.4) is 0 Å². The van der Waals surface area contributed by atoms with Gasteiger partial charge in [-0.25, -0.2) is 9.36 Å². The first kappa shape index (κ1) is 36.1. The summed E-state index contributed by atoms with van der Waals surface area (Å²) in [7, 11) is 0. The fourth-order valence-corrected chi connectivity index (χ4v) is 7.24. The molecule has 1 atom stereocenters. The molecule has 0 aliphatic carbocycles. The maximum absolute atomic E-state index is 13.2. The highest BCUT2D eigenvalue weighted by Crippen LogP contribution is 2.41. The predicted molar refractivity (Wildman–Crippen MR) is 191 cm³/mol. The van der Waals surface area contributed by atoms with Gasteiger partial charge in [0.25, 0.3) is 5.56 Å². The second-order valence-electron chi connectivity index (χ2n) is 13.8. The number of ether oxygens (including phenoxy) is 2. The van der Waals surface area contributed by atoms with Crippen LogP contribution in [-0.2, 0) is 4.74 Å². The summed E-state index contributed by atoms with van der Waals surface area (Å²) in [5.74, 6) is 0.628. The van der Waals surface area contributed by atoms with Gasteiger partial charge in [0.05, 0.1) is 34.5 Å². The Kier molecular flexibility index (Phi) is 12.9. The molecule has 3 aromatic rings. The number of halogens is 2. The number of rotatable bonds is 15. The highest BCUT2D eigenvalue weighted by atomic mass is 35.5. The molecule has 46 heavy (non-hydrogen) atoms. The van der Waals surface area contributed by atoms with Gasteiger partial charge >= 0.3 is 6.09 Å². The standard InChI is InChI=1S/C37H51Cl2N3O4/c1-6-17-36(3,4)27-37(5,7-2)18-25-46-35(44)42-32-26-29(15-13-28(32)14-16-33(42)43)45-24-9-8-19-40-20-22-41(23-21-40)31-12-10-11-30(38)34(31)39/h10-16,26H,6-9,17-25,27H2,1-5H3. The number of pyridine rings is 1. The number of carbonyl (C=O) groups is 1. The van der Waals surface area contributed by atoms with Crippen molar-refractivity contribution in [3.05, 3.63) is 68.9 Å². The van der Waals surface area contributed by atoms with E-state index in [0.29, 0.717) is 27.9 Å². The highest BCUT2D eigenvalue weighted by molar-refractivity contribution is 6.43. The quantitative estimate of drug-likeness (QED) is 0.150. The first-order valence-electron chi connectivity index (χ1n) is 16.8. The lowest BCUT2D eigenvalue weighted by Crippen LogP contribution is -2.46. The van der Waals surface area contributed by atoms with Gasteiger partial charge < -0.3 is 14.4 Å². The normalized spacial score (nSPS) is 15.6. The van der Waals surface area contributed by atoms with E-state index in [1.807, 2.05) is 30.3 Å². The van der Waals surface area contributed by atoms with Crippen molar-refractivity contribution in [2.24, 2.45) is 10.8 Å². The third-order valence-corrected chi connectivity index (χ3v) is 10.3. The Balaban J connectivity index is 1.27. The lowest BCUT2D eigenvalue weighted by molar-refractivity contribution is 0.0965. The zero-order valence-electron chi connectivity index (χ0n) is 28.2. The molecular weight excluding hydrogens is 621 g/mol. The van der Waals surface area contributed by atoms with Gasteiger partial charge in [-0.05, 0) is 85.2 Å². The molecule has 1 fully saturated rings. The topological polar surface area (TPSA) is 64.0 Å². The Morgan fingerprint density at radius 1 is 0.913 bits per heavy atom. The number of fused-ring (bicyclic) bond motifs is 1. The molecule has 0 spiro atoms. The van der Waals surface area contributed by atoms with E-state index in [0.717, 1.165) is 93.3 Å². The maximum Gasteiger partial charge on any atom is 0.421 e. The predicted octanol–water partition coefficient (Wildman–Crippen LogP) is 9.30. The molecular formula is C37H51Cl2N3O4. The van der Waals surface area contributed by atoms with Gasteiger partial charge in [0.1, 0.15) is 5.75 Å². The van der Waals surface area contributed by atoms with Gasteiger partial charge in [0.15, 0.2) is 0 Å². The first-order valence-corrected chi connectivity index (χ1v) is 17.6. The summed E-state index contributed by atoms with van der Waals surface area (Å²) in [6.07, 6.45) is 6.39. The molecule has 4 rings (SSSR count). The van der Waals surface area contributed by atoms with Crippen molar-refractivity contribution in [1.82, 2.24) is 9.47 Å². The van der Waals surface area contributed by atoms with E-state index in [2.05, 4.69) is 44.4 Å². The molecule has 7 nitrogen and oxygen atoms in total. The number of hydrogen-bond acceptors (Lipinski definition) is 6. The average molecular weight is 673 g/mol. The van der Waals surface area contributed by atoms with Crippen molar-refractivity contribution in [3.8, 4) is 5.75 Å². The average Bonchev–Trinajstić information content (AvgIpc) is 3.02. The fraction of sp³-hybridized carbons (Fsp3) is 0.568. The summed E-state index contributed by atoms with van der Waals surface area (Å²) in [5, 5.41) is 1.99. The number of hydrogen-bond donors (Lipinski definition) is 0. The molecule has 0 N–H and O–H groups in total. The number of carbonyl (C=O) groups excluding carboxylic acids is 1. The lowest BCUT2D eigenvalue weighted by atomic mass is 9.69. The Bertz CT molecular complexity index is 1520. The third-order valence-electron chi connectivity index (χ3n) is 9.45. The molecule has 0 bridgehead atoms. The summed E-state index contributed by atoms with van der Waals surface area (Å²) < 4.78 is 12.9. The highest BCUT2D eigenvalue weighted by Gasteiger charge is 2.31. The molecule has 1 saturated heterocycles. The molecule has 0 saturated carbocycles. The van der Waals surface area contributed by atoms with Crippen LogP contribution in [0.15, 0.2) is 53.3 Å². The zero-order valence-corrected chi connectivity index (χ0v) is 29.8.